The fourth-order valence-electron chi connectivity index (χ4n) is 0.989. The molecule has 0 radical (unpaired) electrons. The van der Waals surface area contributed by atoms with Crippen molar-refractivity contribution in [2.45, 2.75) is 19.9 Å². The van der Waals surface area contributed by atoms with E-state index in [0.717, 1.165) is 17.0 Å². The van der Waals surface area contributed by atoms with Crippen LogP contribution in [0, 0.1) is 6.92 Å². The lowest BCUT2D eigenvalue weighted by atomic mass is 10.2. The summed E-state index contributed by atoms with van der Waals surface area (Å²) >= 11 is 0. The second-order valence-corrected chi connectivity index (χ2v) is 2.87. The average molecular weight is 166 g/mol. The van der Waals surface area contributed by atoms with Crippen molar-refractivity contribution >= 4 is 0 Å². The summed E-state index contributed by atoms with van der Waals surface area (Å²) in [5, 5.41) is 0. The third-order valence-corrected chi connectivity index (χ3v) is 1.76. The summed E-state index contributed by atoms with van der Waals surface area (Å²) in [6.07, 6.45) is 1.78. The largest absolute Gasteiger partial charge is 0.496 e. The monoisotopic (exact) mass is 166 g/mol. The van der Waals surface area contributed by atoms with Crippen LogP contribution in [0.5, 0.6) is 5.75 Å². The Morgan fingerprint density at radius 3 is 2.75 bits per heavy atom. The molecule has 1 heterocycles. The predicted octanol–water partition coefficient (Wildman–Crippen LogP) is 1.42. The molecule has 1 atom stereocenters. The number of hydrogen-bond acceptors (Lipinski definition) is 3. The summed E-state index contributed by atoms with van der Waals surface area (Å²) < 4.78 is 5.14. The van der Waals surface area contributed by atoms with E-state index in [1.807, 2.05) is 19.9 Å². The maximum absolute atomic E-state index is 5.67. The highest BCUT2D eigenvalue weighted by atomic mass is 16.5. The van der Waals surface area contributed by atoms with Crippen molar-refractivity contribution in [3.8, 4) is 5.75 Å². The zero-order chi connectivity index (χ0) is 9.14. The highest BCUT2D eigenvalue weighted by Gasteiger charge is 2.04. The minimum atomic E-state index is -0.0421. The second kappa shape index (κ2) is 3.54. The molecule has 0 saturated carbocycles. The van der Waals surface area contributed by atoms with Gasteiger partial charge in [0, 0.05) is 23.9 Å². The lowest BCUT2D eigenvalue weighted by molar-refractivity contribution is 0.410. The molecular weight excluding hydrogens is 152 g/mol. The van der Waals surface area contributed by atoms with Crippen LogP contribution in [0.15, 0.2) is 12.3 Å². The fourth-order valence-corrected chi connectivity index (χ4v) is 0.989. The maximum atomic E-state index is 5.67. The van der Waals surface area contributed by atoms with Crippen molar-refractivity contribution in [2.24, 2.45) is 5.73 Å². The molecule has 0 saturated heterocycles. The summed E-state index contributed by atoms with van der Waals surface area (Å²) in [4.78, 5) is 4.18. The standard InChI is InChI=1S/C9H14N2O/c1-6-5-11-8(7(2)10)4-9(6)12-3/h4-5,7H,10H2,1-3H3. The Hall–Kier alpha value is -1.09. The molecule has 3 heteroatoms. The van der Waals surface area contributed by atoms with Crippen molar-refractivity contribution in [1.29, 1.82) is 0 Å². The molecule has 0 aliphatic rings. The van der Waals surface area contributed by atoms with Gasteiger partial charge in [-0.3, -0.25) is 4.98 Å². The molecular formula is C9H14N2O. The van der Waals surface area contributed by atoms with Crippen LogP contribution in [0.1, 0.15) is 24.2 Å². The van der Waals surface area contributed by atoms with Crippen molar-refractivity contribution < 1.29 is 4.74 Å². The van der Waals surface area contributed by atoms with Crippen molar-refractivity contribution in [2.75, 3.05) is 7.11 Å². The van der Waals surface area contributed by atoms with E-state index in [-0.39, 0.29) is 6.04 Å². The van der Waals surface area contributed by atoms with E-state index < -0.39 is 0 Å². The number of aromatic nitrogens is 1. The summed E-state index contributed by atoms with van der Waals surface area (Å²) in [7, 11) is 1.65. The van der Waals surface area contributed by atoms with Gasteiger partial charge in [-0.05, 0) is 13.8 Å². The van der Waals surface area contributed by atoms with Gasteiger partial charge in [-0.25, -0.2) is 0 Å². The van der Waals surface area contributed by atoms with Gasteiger partial charge in [-0.1, -0.05) is 0 Å². The molecule has 66 valence electrons. The minimum absolute atomic E-state index is 0.0421. The summed E-state index contributed by atoms with van der Waals surface area (Å²) in [6, 6.07) is 1.83. The molecule has 1 aromatic rings. The molecule has 1 rings (SSSR count). The van der Waals surface area contributed by atoms with Crippen LogP contribution in [0.25, 0.3) is 0 Å². The van der Waals surface area contributed by atoms with Gasteiger partial charge in [0.15, 0.2) is 0 Å². The van der Waals surface area contributed by atoms with Crippen LogP contribution in [0.4, 0.5) is 0 Å². The van der Waals surface area contributed by atoms with E-state index >= 15 is 0 Å². The Morgan fingerprint density at radius 1 is 1.58 bits per heavy atom. The molecule has 0 amide bonds. The molecule has 3 nitrogen and oxygen atoms in total. The van der Waals surface area contributed by atoms with Crippen molar-refractivity contribution in [3.63, 3.8) is 0 Å². The van der Waals surface area contributed by atoms with Crippen LogP contribution in [-0.2, 0) is 0 Å². The van der Waals surface area contributed by atoms with Crippen LogP contribution in [0.3, 0.4) is 0 Å². The molecule has 0 aromatic carbocycles. The van der Waals surface area contributed by atoms with Crippen LogP contribution in [-0.4, -0.2) is 12.1 Å². The van der Waals surface area contributed by atoms with E-state index in [1.54, 1.807) is 13.3 Å². The molecule has 0 spiro atoms. The Bertz CT molecular complexity index is 271. The zero-order valence-electron chi connectivity index (χ0n) is 7.66. The quantitative estimate of drug-likeness (QED) is 0.722. The van der Waals surface area contributed by atoms with Crippen LogP contribution >= 0.6 is 0 Å². The molecule has 1 unspecified atom stereocenters. The van der Waals surface area contributed by atoms with E-state index in [9.17, 15) is 0 Å². The molecule has 12 heavy (non-hydrogen) atoms. The normalized spacial score (nSPS) is 12.7. The number of hydrogen-bond donors (Lipinski definition) is 1. The number of nitrogens with two attached hydrogens (primary N) is 1. The van der Waals surface area contributed by atoms with E-state index in [1.165, 1.54) is 0 Å². The first-order valence-corrected chi connectivity index (χ1v) is 3.91. The third-order valence-electron chi connectivity index (χ3n) is 1.76. The number of aryl methyl sites for hydroxylation is 1. The fraction of sp³-hybridized carbons (Fsp3) is 0.444. The Balaban J connectivity index is 3.05. The Morgan fingerprint density at radius 2 is 2.25 bits per heavy atom. The molecule has 1 aromatic heterocycles. The number of ether oxygens (including phenoxy) is 1. The van der Waals surface area contributed by atoms with Gasteiger partial charge < -0.3 is 10.5 Å². The second-order valence-electron chi connectivity index (χ2n) is 2.87. The minimum Gasteiger partial charge on any atom is -0.496 e. The van der Waals surface area contributed by atoms with E-state index in [2.05, 4.69) is 4.98 Å². The highest BCUT2D eigenvalue weighted by molar-refractivity contribution is 5.32. The first-order valence-electron chi connectivity index (χ1n) is 3.91. The number of pyridine rings is 1. The molecule has 2 N–H and O–H groups in total. The number of nitrogens with zero attached hydrogens (tertiary/aromatic N) is 1. The topological polar surface area (TPSA) is 48.1 Å². The van der Waals surface area contributed by atoms with E-state index in [4.69, 9.17) is 10.5 Å². The maximum Gasteiger partial charge on any atom is 0.125 e. The molecule has 0 aliphatic carbocycles. The van der Waals surface area contributed by atoms with Crippen LogP contribution < -0.4 is 10.5 Å². The first kappa shape index (κ1) is 9.00. The predicted molar refractivity (Wildman–Crippen MR) is 48.1 cm³/mol. The van der Waals surface area contributed by atoms with Gasteiger partial charge in [-0.2, -0.15) is 0 Å². The molecule has 0 bridgehead atoms. The van der Waals surface area contributed by atoms with Crippen LogP contribution in [0.2, 0.25) is 0 Å². The van der Waals surface area contributed by atoms with Gasteiger partial charge in [0.25, 0.3) is 0 Å². The third kappa shape index (κ3) is 1.74. The average Bonchev–Trinajstić information content (AvgIpc) is 2.05. The highest BCUT2D eigenvalue weighted by Crippen LogP contribution is 2.19. The van der Waals surface area contributed by atoms with Gasteiger partial charge in [0.1, 0.15) is 5.75 Å². The van der Waals surface area contributed by atoms with Crippen molar-refractivity contribution in [3.05, 3.63) is 23.5 Å². The van der Waals surface area contributed by atoms with E-state index in [0.29, 0.717) is 0 Å². The van der Waals surface area contributed by atoms with Gasteiger partial charge in [0.2, 0.25) is 0 Å². The first-order chi connectivity index (χ1) is 5.65. The summed E-state index contributed by atoms with van der Waals surface area (Å²) in [6.45, 7) is 3.86. The Kier molecular flexibility index (Phi) is 2.65. The summed E-state index contributed by atoms with van der Waals surface area (Å²) in [5.74, 6) is 0.845. The van der Waals surface area contributed by atoms with Gasteiger partial charge in [0.05, 0.1) is 12.8 Å². The lowest BCUT2D eigenvalue weighted by Gasteiger charge is -2.08. The van der Waals surface area contributed by atoms with Gasteiger partial charge in [-0.15, -0.1) is 0 Å². The Labute approximate surface area is 72.6 Å². The number of methoxy groups -OCH3 is 1. The lowest BCUT2D eigenvalue weighted by Crippen LogP contribution is -2.07. The summed E-state index contributed by atoms with van der Waals surface area (Å²) in [5.41, 5.74) is 7.56. The smallest absolute Gasteiger partial charge is 0.125 e. The molecule has 0 aliphatic heterocycles. The molecule has 0 fully saturated rings. The zero-order valence-corrected chi connectivity index (χ0v) is 7.66. The SMILES string of the molecule is COc1cc(C(C)N)ncc1C. The number of rotatable bonds is 2. The van der Waals surface area contributed by atoms with Crippen molar-refractivity contribution in [1.82, 2.24) is 4.98 Å². The van der Waals surface area contributed by atoms with Gasteiger partial charge >= 0.3 is 0 Å².